The first-order valence-corrected chi connectivity index (χ1v) is 6.96. The van der Waals surface area contributed by atoms with Gasteiger partial charge in [-0.3, -0.25) is 4.90 Å². The molecule has 0 aromatic heterocycles. The van der Waals surface area contributed by atoms with Crippen molar-refractivity contribution in [1.82, 2.24) is 4.90 Å². The van der Waals surface area contributed by atoms with Crippen molar-refractivity contribution in [1.29, 1.82) is 0 Å². The molecule has 1 N–H and O–H groups in total. The van der Waals surface area contributed by atoms with E-state index in [2.05, 4.69) is 4.90 Å². The number of aromatic hydroxyl groups is 1. The van der Waals surface area contributed by atoms with E-state index in [9.17, 15) is 9.50 Å². The molecule has 1 saturated heterocycles. The summed E-state index contributed by atoms with van der Waals surface area (Å²) in [7, 11) is 0. The predicted molar refractivity (Wildman–Crippen MR) is 72.7 cm³/mol. The van der Waals surface area contributed by atoms with E-state index in [1.807, 2.05) is 13.8 Å². The lowest BCUT2D eigenvalue weighted by Crippen LogP contribution is -2.41. The number of phenolic OH excluding ortho intramolecular Hbond substituents is 1. The second-order valence-electron chi connectivity index (χ2n) is 5.09. The first-order valence-electron chi connectivity index (χ1n) is 6.96. The monoisotopic (exact) mass is 267 g/mol. The van der Waals surface area contributed by atoms with Crippen LogP contribution in [-0.2, 0) is 4.74 Å². The summed E-state index contributed by atoms with van der Waals surface area (Å²) < 4.78 is 19.0. The van der Waals surface area contributed by atoms with Crippen LogP contribution in [0.1, 0.15) is 38.3 Å². The standard InChI is InChI=1S/C15H22FNO2/c1-3-19-13-5-4-8-17(10-13)11(2)14-9-12(16)6-7-15(14)18/h6-7,9,11,13,18H,3-5,8,10H2,1-2H3. The van der Waals surface area contributed by atoms with E-state index in [1.54, 1.807) is 0 Å². The van der Waals surface area contributed by atoms with Crippen molar-refractivity contribution in [2.24, 2.45) is 0 Å². The Labute approximate surface area is 114 Å². The molecule has 3 nitrogen and oxygen atoms in total. The van der Waals surface area contributed by atoms with Gasteiger partial charge in [0, 0.05) is 24.8 Å². The van der Waals surface area contributed by atoms with Gasteiger partial charge in [-0.1, -0.05) is 0 Å². The molecule has 4 heteroatoms. The number of rotatable bonds is 4. The second kappa shape index (κ2) is 6.35. The number of likely N-dealkylation sites (tertiary alicyclic amines) is 1. The van der Waals surface area contributed by atoms with Gasteiger partial charge in [-0.2, -0.15) is 0 Å². The third-order valence-electron chi connectivity index (χ3n) is 3.80. The average molecular weight is 267 g/mol. The Hall–Kier alpha value is -1.13. The first kappa shape index (κ1) is 14.3. The summed E-state index contributed by atoms with van der Waals surface area (Å²) in [5, 5.41) is 9.88. The zero-order valence-electron chi connectivity index (χ0n) is 11.6. The third kappa shape index (κ3) is 3.45. The van der Waals surface area contributed by atoms with Crippen LogP contribution in [0.3, 0.4) is 0 Å². The quantitative estimate of drug-likeness (QED) is 0.910. The van der Waals surface area contributed by atoms with Gasteiger partial charge >= 0.3 is 0 Å². The fraction of sp³-hybridized carbons (Fsp3) is 0.600. The van der Waals surface area contributed by atoms with E-state index >= 15 is 0 Å². The van der Waals surface area contributed by atoms with Gasteiger partial charge in [0.1, 0.15) is 11.6 Å². The number of hydrogen-bond acceptors (Lipinski definition) is 3. The predicted octanol–water partition coefficient (Wildman–Crippen LogP) is 3.09. The molecule has 2 unspecified atom stereocenters. The van der Waals surface area contributed by atoms with E-state index in [4.69, 9.17) is 4.74 Å². The molecule has 19 heavy (non-hydrogen) atoms. The molecule has 1 aromatic rings. The van der Waals surface area contributed by atoms with Crippen LogP contribution in [-0.4, -0.2) is 35.8 Å². The molecular formula is C15H22FNO2. The zero-order valence-corrected chi connectivity index (χ0v) is 11.6. The summed E-state index contributed by atoms with van der Waals surface area (Å²) in [4.78, 5) is 2.25. The summed E-state index contributed by atoms with van der Waals surface area (Å²) in [5.41, 5.74) is 0.650. The lowest BCUT2D eigenvalue weighted by molar-refractivity contribution is -0.00566. The maximum atomic E-state index is 13.3. The molecule has 0 amide bonds. The highest BCUT2D eigenvalue weighted by Crippen LogP contribution is 2.31. The Morgan fingerprint density at radius 2 is 2.32 bits per heavy atom. The van der Waals surface area contributed by atoms with E-state index in [0.717, 1.165) is 32.5 Å². The van der Waals surface area contributed by atoms with Gasteiger partial charge in [-0.05, 0) is 51.4 Å². The zero-order chi connectivity index (χ0) is 13.8. The average Bonchev–Trinajstić information content (AvgIpc) is 2.41. The van der Waals surface area contributed by atoms with Gasteiger partial charge in [0.15, 0.2) is 0 Å². The minimum absolute atomic E-state index is 0.000967. The maximum Gasteiger partial charge on any atom is 0.123 e. The highest BCUT2D eigenvalue weighted by Gasteiger charge is 2.26. The first-order chi connectivity index (χ1) is 9.11. The van der Waals surface area contributed by atoms with Gasteiger partial charge in [0.25, 0.3) is 0 Å². The molecule has 1 fully saturated rings. The Balaban J connectivity index is 2.10. The summed E-state index contributed by atoms with van der Waals surface area (Å²) in [6.45, 7) is 6.52. The lowest BCUT2D eigenvalue weighted by Gasteiger charge is -2.36. The minimum atomic E-state index is -0.307. The van der Waals surface area contributed by atoms with Crippen molar-refractivity contribution in [2.75, 3.05) is 19.7 Å². The fourth-order valence-corrected chi connectivity index (χ4v) is 2.75. The number of hydrogen-bond donors (Lipinski definition) is 1. The molecule has 1 aliphatic heterocycles. The second-order valence-corrected chi connectivity index (χ2v) is 5.09. The molecular weight excluding hydrogens is 245 g/mol. The molecule has 0 saturated carbocycles. The van der Waals surface area contributed by atoms with Gasteiger partial charge in [-0.25, -0.2) is 4.39 Å². The largest absolute Gasteiger partial charge is 0.508 e. The normalized spacial score (nSPS) is 22.4. The number of benzene rings is 1. The summed E-state index contributed by atoms with van der Waals surface area (Å²) >= 11 is 0. The number of piperidine rings is 1. The molecule has 1 aliphatic rings. The van der Waals surface area contributed by atoms with Crippen LogP contribution in [0.25, 0.3) is 0 Å². The summed E-state index contributed by atoms with van der Waals surface area (Å²) in [6, 6.07) is 4.12. The van der Waals surface area contributed by atoms with Crippen LogP contribution < -0.4 is 0 Å². The van der Waals surface area contributed by atoms with Crippen molar-refractivity contribution in [3.63, 3.8) is 0 Å². The molecule has 2 rings (SSSR count). The number of phenols is 1. The molecule has 0 bridgehead atoms. The van der Waals surface area contributed by atoms with Crippen LogP contribution in [0, 0.1) is 5.82 Å². The van der Waals surface area contributed by atoms with Crippen LogP contribution in [0.15, 0.2) is 18.2 Å². The number of ether oxygens (including phenoxy) is 1. The fourth-order valence-electron chi connectivity index (χ4n) is 2.75. The molecule has 0 radical (unpaired) electrons. The SMILES string of the molecule is CCOC1CCCN(C(C)c2cc(F)ccc2O)C1. The highest BCUT2D eigenvalue weighted by atomic mass is 19.1. The summed E-state index contributed by atoms with van der Waals surface area (Å²) in [6.07, 6.45) is 2.40. The molecule has 1 heterocycles. The van der Waals surface area contributed by atoms with Gasteiger partial charge in [0.05, 0.1) is 6.10 Å². The van der Waals surface area contributed by atoms with Gasteiger partial charge in [0.2, 0.25) is 0 Å². The van der Waals surface area contributed by atoms with Crippen molar-refractivity contribution in [2.45, 2.75) is 38.8 Å². The van der Waals surface area contributed by atoms with Crippen LogP contribution >= 0.6 is 0 Å². The van der Waals surface area contributed by atoms with Crippen molar-refractivity contribution in [3.05, 3.63) is 29.6 Å². The highest BCUT2D eigenvalue weighted by molar-refractivity contribution is 5.35. The Bertz CT molecular complexity index is 423. The van der Waals surface area contributed by atoms with E-state index in [-0.39, 0.29) is 23.7 Å². The van der Waals surface area contributed by atoms with Crippen molar-refractivity contribution in [3.8, 4) is 5.75 Å². The van der Waals surface area contributed by atoms with Gasteiger partial charge in [-0.15, -0.1) is 0 Å². The summed E-state index contributed by atoms with van der Waals surface area (Å²) in [5.74, 6) is -0.148. The van der Waals surface area contributed by atoms with Gasteiger partial charge < -0.3 is 9.84 Å². The van der Waals surface area contributed by atoms with Crippen LogP contribution in [0.5, 0.6) is 5.75 Å². The Morgan fingerprint density at radius 3 is 3.05 bits per heavy atom. The van der Waals surface area contributed by atoms with E-state index in [1.165, 1.54) is 18.2 Å². The Morgan fingerprint density at radius 1 is 1.53 bits per heavy atom. The van der Waals surface area contributed by atoms with E-state index in [0.29, 0.717) is 5.56 Å². The minimum Gasteiger partial charge on any atom is -0.508 e. The molecule has 0 spiro atoms. The maximum absolute atomic E-state index is 13.3. The van der Waals surface area contributed by atoms with Crippen molar-refractivity contribution >= 4 is 0 Å². The number of halogens is 1. The third-order valence-corrected chi connectivity index (χ3v) is 3.80. The topological polar surface area (TPSA) is 32.7 Å². The smallest absolute Gasteiger partial charge is 0.123 e. The van der Waals surface area contributed by atoms with Crippen molar-refractivity contribution < 1.29 is 14.2 Å². The van der Waals surface area contributed by atoms with Crippen LogP contribution in [0.2, 0.25) is 0 Å². The molecule has 2 atom stereocenters. The number of nitrogens with zero attached hydrogens (tertiary/aromatic N) is 1. The molecule has 1 aromatic carbocycles. The van der Waals surface area contributed by atoms with Crippen LogP contribution in [0.4, 0.5) is 4.39 Å². The molecule has 106 valence electrons. The lowest BCUT2D eigenvalue weighted by atomic mass is 10.0. The Kier molecular flexibility index (Phi) is 4.77. The molecule has 0 aliphatic carbocycles. The van der Waals surface area contributed by atoms with E-state index < -0.39 is 0 Å².